The molecule has 2 saturated heterocycles. The number of ketones is 1. The number of rotatable bonds is 17. The zero-order valence-corrected chi connectivity index (χ0v) is 32.4. The summed E-state index contributed by atoms with van der Waals surface area (Å²) < 4.78 is 0. The molecule has 0 saturated carbocycles. The van der Waals surface area contributed by atoms with E-state index in [1.54, 1.807) is 4.90 Å². The van der Waals surface area contributed by atoms with Gasteiger partial charge in [-0.1, -0.05) is 61.5 Å². The molecule has 0 aliphatic carbocycles. The van der Waals surface area contributed by atoms with E-state index in [1.807, 2.05) is 55.4 Å². The summed E-state index contributed by atoms with van der Waals surface area (Å²) in [6.07, 6.45) is 12.2. The number of amides is 6. The molecule has 2 fully saturated rings. The number of piperidine rings is 1. The Labute approximate surface area is 306 Å². The van der Waals surface area contributed by atoms with Crippen LogP contribution in [0.15, 0.2) is 12.7 Å². The van der Waals surface area contributed by atoms with E-state index in [1.165, 1.54) is 11.0 Å². The quantitative estimate of drug-likeness (QED) is 0.0775. The maximum Gasteiger partial charge on any atom is 0.315 e. The van der Waals surface area contributed by atoms with E-state index in [-0.39, 0.29) is 42.2 Å². The topological polar surface area (TPSA) is 157 Å². The summed E-state index contributed by atoms with van der Waals surface area (Å²) in [5.74, 6) is 0.179. The van der Waals surface area contributed by atoms with Gasteiger partial charge in [0.1, 0.15) is 12.1 Å². The van der Waals surface area contributed by atoms with E-state index in [0.717, 1.165) is 12.8 Å². The van der Waals surface area contributed by atoms with Crippen LogP contribution in [0.25, 0.3) is 0 Å². The zero-order valence-electron chi connectivity index (χ0n) is 32.4. The maximum absolute atomic E-state index is 14.5. The molecule has 286 valence electrons. The minimum absolute atomic E-state index is 0.0728. The first-order chi connectivity index (χ1) is 23.8. The van der Waals surface area contributed by atoms with Gasteiger partial charge in [0.05, 0.1) is 12.1 Å². The number of hydrogen-bond acceptors (Lipinski definition) is 6. The second-order valence-corrected chi connectivity index (χ2v) is 16.7. The van der Waals surface area contributed by atoms with Crippen LogP contribution < -0.4 is 21.3 Å². The Kier molecular flexibility index (Phi) is 16.7. The third-order valence-corrected chi connectivity index (χ3v) is 9.74. The van der Waals surface area contributed by atoms with Gasteiger partial charge >= 0.3 is 6.03 Å². The highest BCUT2D eigenvalue weighted by Crippen LogP contribution is 2.33. The van der Waals surface area contributed by atoms with Gasteiger partial charge < -0.3 is 31.1 Å². The van der Waals surface area contributed by atoms with Crippen molar-refractivity contribution < 1.29 is 28.8 Å². The van der Waals surface area contributed by atoms with Crippen molar-refractivity contribution in [3.63, 3.8) is 0 Å². The average Bonchev–Trinajstić information content (AvgIpc) is 3.45. The molecule has 2 heterocycles. The molecule has 0 aromatic rings. The molecule has 2 unspecified atom stereocenters. The summed E-state index contributed by atoms with van der Waals surface area (Å²) in [5.41, 5.74) is -1.11. The van der Waals surface area contributed by atoms with Crippen LogP contribution in [0.3, 0.4) is 0 Å². The smallest absolute Gasteiger partial charge is 0.315 e. The molecule has 6 amide bonds. The highest BCUT2D eigenvalue weighted by atomic mass is 16.2. The molecule has 0 bridgehead atoms. The van der Waals surface area contributed by atoms with Gasteiger partial charge in [-0.25, -0.2) is 4.79 Å². The van der Waals surface area contributed by atoms with Gasteiger partial charge in [0.15, 0.2) is 0 Å². The molecule has 0 aromatic heterocycles. The maximum atomic E-state index is 14.5. The first-order valence-corrected chi connectivity index (χ1v) is 18.6. The normalized spacial score (nSPS) is 19.8. The van der Waals surface area contributed by atoms with Gasteiger partial charge in [-0.3, -0.25) is 24.0 Å². The van der Waals surface area contributed by atoms with Gasteiger partial charge in [-0.2, -0.15) is 0 Å². The number of nitrogens with zero attached hydrogens (tertiary/aromatic N) is 2. The van der Waals surface area contributed by atoms with Crippen molar-refractivity contribution in [3.8, 4) is 12.3 Å². The molecule has 2 aliphatic rings. The van der Waals surface area contributed by atoms with Gasteiger partial charge in [0, 0.05) is 39.0 Å². The molecule has 2 rings (SSSR count). The van der Waals surface area contributed by atoms with Crippen LogP contribution in [0.5, 0.6) is 0 Å². The lowest BCUT2D eigenvalue weighted by atomic mass is 9.84. The van der Waals surface area contributed by atoms with Crippen LogP contribution in [0.1, 0.15) is 113 Å². The van der Waals surface area contributed by atoms with Crippen LogP contribution in [0.2, 0.25) is 0 Å². The first kappa shape index (κ1) is 43.3. The Bertz CT molecular complexity index is 1290. The van der Waals surface area contributed by atoms with Crippen LogP contribution >= 0.6 is 0 Å². The summed E-state index contributed by atoms with van der Waals surface area (Å²) in [6.45, 7) is 20.6. The summed E-state index contributed by atoms with van der Waals surface area (Å²) in [4.78, 5) is 84.2. The van der Waals surface area contributed by atoms with Crippen LogP contribution in [0.4, 0.5) is 4.79 Å². The molecule has 0 radical (unpaired) electrons. The lowest BCUT2D eigenvalue weighted by Crippen LogP contribution is -2.62. The van der Waals surface area contributed by atoms with Crippen LogP contribution in [-0.2, 0) is 24.0 Å². The Hall–Kier alpha value is -3.88. The SMILES string of the molecule is C#CCCCCC(NC(=O)[C@@H]1C(CC(C)C)CCN1C(=O)[C@@H](NC(=O)N[C@H](CN1CCCCC1=O)C(C)(C)C)C(C)(C)C)C(=O)C(=O)NCC=C. The van der Waals surface area contributed by atoms with E-state index in [4.69, 9.17) is 6.42 Å². The zero-order chi connectivity index (χ0) is 38.5. The summed E-state index contributed by atoms with van der Waals surface area (Å²) in [7, 11) is 0. The first-order valence-electron chi connectivity index (χ1n) is 18.6. The standard InChI is InChI=1S/C39H64N6O6/c1-11-13-14-15-18-28(32(47)35(49)40-21-12-2)41-34(48)31-27(24-26(3)4)20-23-45(31)36(50)33(39(8,9)10)43-37(51)42-29(38(5,6)7)25-44-22-17-16-19-30(44)46/h1,12,26-29,31,33H,2,13-25H2,3-10H3,(H,40,49)(H,41,48)(H2,42,43,51)/t27?,28?,29-,31+,33-/m1/s1. The Morgan fingerprint density at radius 1 is 0.980 bits per heavy atom. The average molecular weight is 713 g/mol. The molecule has 0 spiro atoms. The number of carbonyl (C=O) groups is 6. The lowest BCUT2D eigenvalue weighted by Gasteiger charge is -2.39. The highest BCUT2D eigenvalue weighted by Gasteiger charge is 2.47. The summed E-state index contributed by atoms with van der Waals surface area (Å²) in [5, 5.41) is 11.3. The van der Waals surface area contributed by atoms with E-state index >= 15 is 0 Å². The van der Waals surface area contributed by atoms with E-state index < -0.39 is 53.1 Å². The fourth-order valence-corrected chi connectivity index (χ4v) is 6.78. The monoisotopic (exact) mass is 712 g/mol. The largest absolute Gasteiger partial charge is 0.346 e. The predicted octanol–water partition coefficient (Wildman–Crippen LogP) is 3.94. The number of nitrogens with one attached hydrogen (secondary N) is 4. The Morgan fingerprint density at radius 3 is 2.24 bits per heavy atom. The molecule has 12 nitrogen and oxygen atoms in total. The molecule has 51 heavy (non-hydrogen) atoms. The summed E-state index contributed by atoms with van der Waals surface area (Å²) in [6, 6.07) is -3.90. The van der Waals surface area contributed by atoms with Crippen molar-refractivity contribution in [2.24, 2.45) is 22.7 Å². The van der Waals surface area contributed by atoms with Gasteiger partial charge in [0.25, 0.3) is 5.91 Å². The Balaban J connectivity index is 2.36. The number of unbranched alkanes of at least 4 members (excludes halogenated alkanes) is 2. The van der Waals surface area contributed by atoms with Crippen LogP contribution in [-0.4, -0.2) is 95.6 Å². The number of carbonyl (C=O) groups excluding carboxylic acids is 6. The third-order valence-electron chi connectivity index (χ3n) is 9.74. The molecular formula is C39H64N6O6. The van der Waals surface area contributed by atoms with Gasteiger partial charge in [-0.05, 0) is 67.6 Å². The molecule has 4 N–H and O–H groups in total. The lowest BCUT2D eigenvalue weighted by molar-refractivity contribution is -0.144. The second-order valence-electron chi connectivity index (χ2n) is 16.7. The van der Waals surface area contributed by atoms with Crippen molar-refractivity contribution in [2.75, 3.05) is 26.2 Å². The second kappa shape index (κ2) is 19.7. The Morgan fingerprint density at radius 2 is 1.67 bits per heavy atom. The molecule has 12 heteroatoms. The number of likely N-dealkylation sites (tertiary alicyclic amines) is 2. The number of terminal acetylenes is 1. The van der Waals surface area contributed by atoms with Gasteiger partial charge in [0.2, 0.25) is 23.5 Å². The summed E-state index contributed by atoms with van der Waals surface area (Å²) >= 11 is 0. The molecule has 0 aromatic carbocycles. The van der Waals surface area contributed by atoms with E-state index in [0.29, 0.717) is 58.2 Å². The molecule has 2 aliphatic heterocycles. The third kappa shape index (κ3) is 13.3. The van der Waals surface area contributed by atoms with E-state index in [2.05, 4.69) is 33.8 Å². The number of hydrogen-bond donors (Lipinski definition) is 4. The van der Waals surface area contributed by atoms with Crippen molar-refractivity contribution in [3.05, 3.63) is 12.7 Å². The molecule has 5 atom stereocenters. The van der Waals surface area contributed by atoms with Crippen molar-refractivity contribution in [1.82, 2.24) is 31.1 Å². The fourth-order valence-electron chi connectivity index (χ4n) is 6.78. The van der Waals surface area contributed by atoms with Crippen molar-refractivity contribution in [2.45, 2.75) is 137 Å². The highest BCUT2D eigenvalue weighted by molar-refractivity contribution is 6.38. The minimum Gasteiger partial charge on any atom is -0.346 e. The number of urea groups is 1. The molecular weight excluding hydrogens is 648 g/mol. The van der Waals surface area contributed by atoms with Crippen molar-refractivity contribution in [1.29, 1.82) is 0 Å². The predicted molar refractivity (Wildman–Crippen MR) is 199 cm³/mol. The van der Waals surface area contributed by atoms with Crippen molar-refractivity contribution >= 4 is 35.4 Å². The minimum atomic E-state index is -1.10. The number of Topliss-reactive ketones (excluding diaryl/α,β-unsaturated/α-hetero) is 1. The van der Waals surface area contributed by atoms with Crippen LogP contribution in [0, 0.1) is 35.0 Å². The van der Waals surface area contributed by atoms with Gasteiger partial charge in [-0.15, -0.1) is 18.9 Å². The van der Waals surface area contributed by atoms with E-state index in [9.17, 15) is 28.8 Å². The fraction of sp³-hybridized carbons (Fsp3) is 0.744.